The third-order valence-corrected chi connectivity index (χ3v) is 15.1. The number of imide groups is 1. The Labute approximate surface area is 379 Å². The summed E-state index contributed by atoms with van der Waals surface area (Å²) in [6.45, 7) is 12.2. The number of rotatable bonds is 12. The highest BCUT2D eigenvalue weighted by Crippen LogP contribution is 2.34. The lowest BCUT2D eigenvalue weighted by atomic mass is 9.88. The van der Waals surface area contributed by atoms with Crippen molar-refractivity contribution in [3.05, 3.63) is 99.4 Å². The van der Waals surface area contributed by atoms with Crippen molar-refractivity contribution in [1.82, 2.24) is 34.9 Å². The Bertz CT molecular complexity index is 2200. The Morgan fingerprint density at radius 2 is 1.48 bits per heavy atom. The molecule has 2 aromatic heterocycles. The third kappa shape index (κ3) is 10.9. The van der Waals surface area contributed by atoms with Crippen molar-refractivity contribution < 1.29 is 18.8 Å². The van der Waals surface area contributed by atoms with Crippen molar-refractivity contribution in [2.45, 2.75) is 69.7 Å². The quantitative estimate of drug-likeness (QED) is 0.140. The zero-order valence-corrected chi connectivity index (χ0v) is 37.6. The lowest BCUT2D eigenvalue weighted by molar-refractivity contribution is -0.134. The Hall–Kier alpha value is -4.47. The topological polar surface area (TPSA) is 117 Å². The van der Waals surface area contributed by atoms with Gasteiger partial charge in [0.1, 0.15) is 5.82 Å². The standard InChI is InChI=1S/C48H59ClFN9O3S/c49-42-3-1-2-41(45(42)50)47(62)59-25-23-57(24-26-59)32-38-28-37(29-43(52-38)53-48-51-16-27-63-48)35-14-19-56(20-15-35)30-33-10-17-55(18-11-33)31-34-12-21-58(22-13-34)39-6-4-36(5-7-39)40-8-9-44(60)54-46(40)61/h1-7,16,27-29,33-35,40H,8-15,17-26,30-32H2,(H,51,52,53)(H,54,60,61)/t40-/m1/s1. The molecule has 12 nitrogen and oxygen atoms in total. The lowest BCUT2D eigenvalue weighted by Gasteiger charge is -2.40. The van der Waals surface area contributed by atoms with Crippen LogP contribution in [0.2, 0.25) is 5.02 Å². The summed E-state index contributed by atoms with van der Waals surface area (Å²) in [5.41, 5.74) is 4.57. The summed E-state index contributed by atoms with van der Waals surface area (Å²) in [6.07, 6.45) is 10.0. The summed E-state index contributed by atoms with van der Waals surface area (Å²) in [6, 6.07) is 17.5. The molecule has 0 spiro atoms. The van der Waals surface area contributed by atoms with Crippen molar-refractivity contribution in [2.24, 2.45) is 11.8 Å². The number of carbonyl (C=O) groups excluding carboxylic acids is 3. The zero-order chi connectivity index (χ0) is 43.3. The maximum absolute atomic E-state index is 14.6. The maximum atomic E-state index is 14.6. The molecule has 334 valence electrons. The number of benzene rings is 2. The molecule has 2 aromatic carbocycles. The van der Waals surface area contributed by atoms with Crippen LogP contribution in [-0.4, -0.2) is 126 Å². The molecule has 0 radical (unpaired) electrons. The van der Waals surface area contributed by atoms with Crippen LogP contribution in [0, 0.1) is 17.7 Å². The number of hydrogen-bond acceptors (Lipinski definition) is 11. The van der Waals surface area contributed by atoms with E-state index in [1.54, 1.807) is 28.5 Å². The molecule has 2 N–H and O–H groups in total. The largest absolute Gasteiger partial charge is 0.372 e. The minimum absolute atomic E-state index is 0.0233. The predicted molar refractivity (Wildman–Crippen MR) is 246 cm³/mol. The van der Waals surface area contributed by atoms with Crippen LogP contribution in [-0.2, 0) is 16.1 Å². The first-order valence-corrected chi connectivity index (χ1v) is 24.2. The van der Waals surface area contributed by atoms with Gasteiger partial charge >= 0.3 is 0 Å². The van der Waals surface area contributed by atoms with Gasteiger partial charge < -0.3 is 24.9 Å². The summed E-state index contributed by atoms with van der Waals surface area (Å²) in [5, 5.41) is 8.68. The molecule has 15 heteroatoms. The molecule has 0 saturated carbocycles. The number of piperidine rings is 4. The molecule has 5 fully saturated rings. The SMILES string of the molecule is O=C1CC[C@H](c2ccc(N3CCC(CN4CCC(CN5CCC(c6cc(CN7CCN(C(=O)c8cccc(Cl)c8F)CC7)nc(Nc7nccs7)c6)CC5)CC4)CC3)cc2)C(=O)N1. The maximum Gasteiger partial charge on any atom is 0.256 e. The number of aromatic nitrogens is 2. The van der Waals surface area contributed by atoms with Gasteiger partial charge in [0.05, 0.1) is 22.2 Å². The number of amides is 3. The number of nitrogens with zero attached hydrogens (tertiary/aromatic N) is 7. The van der Waals surface area contributed by atoms with Crippen LogP contribution in [0.25, 0.3) is 0 Å². The smallest absolute Gasteiger partial charge is 0.256 e. The van der Waals surface area contributed by atoms with Gasteiger partial charge in [-0.25, -0.2) is 14.4 Å². The Kier molecular flexibility index (Phi) is 14.0. The second kappa shape index (κ2) is 20.1. The van der Waals surface area contributed by atoms with Crippen LogP contribution >= 0.6 is 22.9 Å². The van der Waals surface area contributed by atoms with Crippen molar-refractivity contribution in [3.8, 4) is 0 Å². The van der Waals surface area contributed by atoms with E-state index in [1.165, 1.54) is 75.2 Å². The Morgan fingerprint density at radius 3 is 2.14 bits per heavy atom. The van der Waals surface area contributed by atoms with Gasteiger partial charge in [-0.15, -0.1) is 11.3 Å². The van der Waals surface area contributed by atoms with Crippen LogP contribution in [0.4, 0.5) is 21.0 Å². The van der Waals surface area contributed by atoms with E-state index in [1.807, 2.05) is 5.38 Å². The van der Waals surface area contributed by atoms with Gasteiger partial charge in [0.15, 0.2) is 10.9 Å². The molecule has 3 amide bonds. The molecular formula is C48H59ClFN9O3S. The number of carbonyl (C=O) groups is 3. The van der Waals surface area contributed by atoms with Crippen molar-refractivity contribution >= 4 is 57.3 Å². The average Bonchev–Trinajstić information content (AvgIpc) is 3.82. The second-order valence-electron chi connectivity index (χ2n) is 18.3. The Morgan fingerprint density at radius 1 is 0.794 bits per heavy atom. The second-order valence-corrected chi connectivity index (χ2v) is 19.6. The van der Waals surface area contributed by atoms with Crippen LogP contribution in [0.3, 0.4) is 0 Å². The first-order valence-electron chi connectivity index (χ1n) is 23.0. The monoisotopic (exact) mass is 895 g/mol. The number of likely N-dealkylation sites (tertiary alicyclic amines) is 2. The van der Waals surface area contributed by atoms with E-state index in [2.05, 4.69) is 71.6 Å². The van der Waals surface area contributed by atoms with Crippen LogP contribution in [0.1, 0.15) is 90.4 Å². The van der Waals surface area contributed by atoms with Crippen molar-refractivity contribution in [1.29, 1.82) is 0 Å². The number of nitrogens with one attached hydrogen (secondary N) is 2. The summed E-state index contributed by atoms with van der Waals surface area (Å²) >= 11 is 7.52. The van der Waals surface area contributed by atoms with Gasteiger partial charge in [-0.1, -0.05) is 29.8 Å². The number of hydrogen-bond donors (Lipinski definition) is 2. The van der Waals surface area contributed by atoms with E-state index in [0.29, 0.717) is 51.5 Å². The molecule has 7 heterocycles. The van der Waals surface area contributed by atoms with E-state index < -0.39 is 5.82 Å². The molecule has 5 aliphatic heterocycles. The summed E-state index contributed by atoms with van der Waals surface area (Å²) in [5.74, 6) is 1.22. The molecule has 0 bridgehead atoms. The van der Waals surface area contributed by atoms with Gasteiger partial charge in [-0.05, 0) is 136 Å². The normalized spacial score (nSPS) is 21.8. The van der Waals surface area contributed by atoms with Gasteiger partial charge in [0, 0.05) is 82.6 Å². The van der Waals surface area contributed by atoms with Gasteiger partial charge in [0.2, 0.25) is 11.8 Å². The van der Waals surface area contributed by atoms with E-state index >= 15 is 0 Å². The average molecular weight is 897 g/mol. The molecule has 9 rings (SSSR count). The number of anilines is 3. The van der Waals surface area contributed by atoms with Gasteiger partial charge in [-0.2, -0.15) is 0 Å². The molecule has 5 saturated heterocycles. The van der Waals surface area contributed by atoms with Crippen LogP contribution in [0.5, 0.6) is 0 Å². The number of pyridine rings is 1. The summed E-state index contributed by atoms with van der Waals surface area (Å²) in [7, 11) is 0. The fraction of sp³-hybridized carbons (Fsp3) is 0.521. The van der Waals surface area contributed by atoms with E-state index in [4.69, 9.17) is 16.6 Å². The molecule has 5 aliphatic rings. The number of piperazine rings is 1. The summed E-state index contributed by atoms with van der Waals surface area (Å²) < 4.78 is 14.6. The molecule has 1 atom stereocenters. The van der Waals surface area contributed by atoms with E-state index in [0.717, 1.165) is 73.1 Å². The van der Waals surface area contributed by atoms with Crippen LogP contribution in [0.15, 0.2) is 66.2 Å². The van der Waals surface area contributed by atoms with Crippen LogP contribution < -0.4 is 15.5 Å². The minimum atomic E-state index is -0.657. The highest BCUT2D eigenvalue weighted by atomic mass is 35.5. The highest BCUT2D eigenvalue weighted by molar-refractivity contribution is 7.13. The van der Waals surface area contributed by atoms with E-state index in [-0.39, 0.29) is 34.2 Å². The fourth-order valence-electron chi connectivity index (χ4n) is 10.4. The minimum Gasteiger partial charge on any atom is -0.372 e. The Balaban J connectivity index is 0.714. The lowest BCUT2D eigenvalue weighted by Crippen LogP contribution is -2.48. The first-order chi connectivity index (χ1) is 30.7. The number of halogens is 2. The molecule has 4 aromatic rings. The first kappa shape index (κ1) is 43.8. The summed E-state index contributed by atoms with van der Waals surface area (Å²) in [4.78, 5) is 58.4. The number of thiazole rings is 1. The van der Waals surface area contributed by atoms with E-state index in [9.17, 15) is 18.8 Å². The highest BCUT2D eigenvalue weighted by Gasteiger charge is 2.31. The van der Waals surface area contributed by atoms with Gasteiger partial charge in [0.25, 0.3) is 5.91 Å². The zero-order valence-electron chi connectivity index (χ0n) is 36.0. The molecule has 0 unspecified atom stereocenters. The third-order valence-electron chi connectivity index (χ3n) is 14.1. The predicted octanol–water partition coefficient (Wildman–Crippen LogP) is 7.36. The van der Waals surface area contributed by atoms with Gasteiger partial charge in [-0.3, -0.25) is 24.6 Å². The molecule has 63 heavy (non-hydrogen) atoms. The molecule has 0 aliphatic carbocycles. The van der Waals surface area contributed by atoms with Crippen molar-refractivity contribution in [3.63, 3.8) is 0 Å². The fourth-order valence-corrected chi connectivity index (χ4v) is 11.1. The molecular weight excluding hydrogens is 837 g/mol. The van der Waals surface area contributed by atoms with Crippen molar-refractivity contribution in [2.75, 3.05) is 88.8 Å².